The maximum atomic E-state index is 12.9. The van der Waals surface area contributed by atoms with Crippen LogP contribution >= 0.6 is 11.6 Å². The summed E-state index contributed by atoms with van der Waals surface area (Å²) in [5, 5.41) is 0.730. The summed E-state index contributed by atoms with van der Waals surface area (Å²) in [6.45, 7) is 2.80. The number of para-hydroxylation sites is 1. The van der Waals surface area contributed by atoms with Gasteiger partial charge in [-0.1, -0.05) is 35.9 Å². The van der Waals surface area contributed by atoms with Crippen LogP contribution in [0.1, 0.15) is 5.56 Å². The molecular weight excluding hydrogens is 327 g/mol. The van der Waals surface area contributed by atoms with Crippen LogP contribution in [0.4, 0.5) is 10.1 Å². The number of hydrogen-bond acceptors (Lipinski definition) is 2. The van der Waals surface area contributed by atoms with Crippen LogP contribution in [0.15, 0.2) is 54.6 Å². The number of halogens is 2. The van der Waals surface area contributed by atoms with Crippen LogP contribution in [0.2, 0.25) is 5.02 Å². The topological polar surface area (TPSA) is 23.6 Å². The van der Waals surface area contributed by atoms with Gasteiger partial charge in [0, 0.05) is 32.3 Å². The van der Waals surface area contributed by atoms with Gasteiger partial charge in [-0.3, -0.25) is 4.79 Å². The molecule has 0 radical (unpaired) electrons. The normalized spacial score (nSPS) is 15.1. The van der Waals surface area contributed by atoms with Gasteiger partial charge in [0.05, 0.1) is 10.7 Å². The summed E-state index contributed by atoms with van der Waals surface area (Å²) in [5.74, 6) is -0.313. The van der Waals surface area contributed by atoms with Crippen molar-refractivity contribution in [2.45, 2.75) is 0 Å². The van der Waals surface area contributed by atoms with Gasteiger partial charge in [0.2, 0.25) is 5.91 Å². The highest BCUT2D eigenvalue weighted by Gasteiger charge is 2.20. The van der Waals surface area contributed by atoms with Gasteiger partial charge in [-0.15, -0.1) is 0 Å². The number of rotatable bonds is 3. The fraction of sp³-hybridized carbons (Fsp3) is 0.211. The monoisotopic (exact) mass is 344 g/mol. The molecule has 1 aliphatic heterocycles. The third-order valence-electron chi connectivity index (χ3n) is 4.07. The molecule has 3 rings (SSSR count). The van der Waals surface area contributed by atoms with E-state index >= 15 is 0 Å². The molecule has 1 amide bonds. The highest BCUT2D eigenvalue weighted by atomic mass is 35.5. The van der Waals surface area contributed by atoms with Crippen LogP contribution in [-0.2, 0) is 4.79 Å². The first-order valence-electron chi connectivity index (χ1n) is 7.85. The molecule has 0 spiro atoms. The maximum Gasteiger partial charge on any atom is 0.246 e. The van der Waals surface area contributed by atoms with Crippen molar-refractivity contribution in [1.29, 1.82) is 0 Å². The Hall–Kier alpha value is -2.33. The molecule has 0 atom stereocenters. The molecule has 0 bridgehead atoms. The Morgan fingerprint density at radius 2 is 1.67 bits per heavy atom. The van der Waals surface area contributed by atoms with Crippen molar-refractivity contribution in [2.24, 2.45) is 0 Å². The number of piperazine rings is 1. The van der Waals surface area contributed by atoms with E-state index in [0.717, 1.165) is 29.4 Å². The van der Waals surface area contributed by atoms with E-state index in [-0.39, 0.29) is 11.7 Å². The molecule has 1 heterocycles. The quantitative estimate of drug-likeness (QED) is 0.790. The van der Waals surface area contributed by atoms with Crippen molar-refractivity contribution in [3.05, 3.63) is 71.0 Å². The molecule has 0 aliphatic carbocycles. The molecule has 1 aliphatic rings. The van der Waals surface area contributed by atoms with Crippen LogP contribution in [0.25, 0.3) is 6.08 Å². The molecule has 1 fully saturated rings. The molecule has 5 heteroatoms. The number of anilines is 1. The Morgan fingerprint density at radius 1 is 1.00 bits per heavy atom. The molecule has 0 N–H and O–H groups in total. The van der Waals surface area contributed by atoms with E-state index < -0.39 is 0 Å². The fourth-order valence-corrected chi connectivity index (χ4v) is 2.98. The van der Waals surface area contributed by atoms with Crippen molar-refractivity contribution in [3.8, 4) is 0 Å². The summed E-state index contributed by atoms with van der Waals surface area (Å²) in [5.41, 5.74) is 1.81. The van der Waals surface area contributed by atoms with Crippen molar-refractivity contribution >= 4 is 29.3 Å². The zero-order valence-electron chi connectivity index (χ0n) is 13.2. The number of hydrogen-bond donors (Lipinski definition) is 0. The minimum absolute atomic E-state index is 0.0295. The Labute approximate surface area is 145 Å². The summed E-state index contributed by atoms with van der Waals surface area (Å²) in [6.07, 6.45) is 3.25. The Balaban J connectivity index is 1.57. The Bertz CT molecular complexity index is 737. The minimum Gasteiger partial charge on any atom is -0.367 e. The maximum absolute atomic E-state index is 12.9. The number of carbonyl (C=O) groups is 1. The molecule has 0 saturated carbocycles. The smallest absolute Gasteiger partial charge is 0.246 e. The highest BCUT2D eigenvalue weighted by Crippen LogP contribution is 2.26. The summed E-state index contributed by atoms with van der Waals surface area (Å²) >= 11 is 6.23. The molecule has 3 nitrogen and oxygen atoms in total. The van der Waals surface area contributed by atoms with E-state index in [1.54, 1.807) is 24.3 Å². The van der Waals surface area contributed by atoms with E-state index in [0.29, 0.717) is 13.1 Å². The fourth-order valence-electron chi connectivity index (χ4n) is 2.72. The van der Waals surface area contributed by atoms with Crippen LogP contribution in [0.3, 0.4) is 0 Å². The minimum atomic E-state index is -0.283. The average molecular weight is 345 g/mol. The molecule has 2 aromatic carbocycles. The van der Waals surface area contributed by atoms with Crippen LogP contribution in [0, 0.1) is 5.82 Å². The van der Waals surface area contributed by atoms with E-state index in [1.165, 1.54) is 12.1 Å². The summed E-state index contributed by atoms with van der Waals surface area (Å²) < 4.78 is 12.9. The Morgan fingerprint density at radius 3 is 2.33 bits per heavy atom. The first-order chi connectivity index (χ1) is 11.6. The standard InChI is InChI=1S/C19H18ClFN2O/c20-17-3-1-2-4-18(17)22-11-13-23(14-12-22)19(24)10-7-15-5-8-16(21)9-6-15/h1-10H,11-14H2/b10-7+. The molecular formula is C19H18ClFN2O. The zero-order chi connectivity index (χ0) is 16.9. The van der Waals surface area contributed by atoms with E-state index in [4.69, 9.17) is 11.6 Å². The number of carbonyl (C=O) groups excluding carboxylic acids is 1. The van der Waals surface area contributed by atoms with Crippen LogP contribution < -0.4 is 4.90 Å². The van der Waals surface area contributed by atoms with Crippen molar-refractivity contribution in [2.75, 3.05) is 31.1 Å². The molecule has 0 aromatic heterocycles. The second-order valence-electron chi connectivity index (χ2n) is 5.65. The largest absolute Gasteiger partial charge is 0.367 e. The second-order valence-corrected chi connectivity index (χ2v) is 6.06. The van der Waals surface area contributed by atoms with Gasteiger partial charge in [0.1, 0.15) is 5.82 Å². The summed E-state index contributed by atoms with van der Waals surface area (Å²) in [7, 11) is 0. The molecule has 2 aromatic rings. The number of nitrogens with zero attached hydrogens (tertiary/aromatic N) is 2. The zero-order valence-corrected chi connectivity index (χ0v) is 13.9. The average Bonchev–Trinajstić information content (AvgIpc) is 2.61. The van der Waals surface area contributed by atoms with Crippen molar-refractivity contribution in [3.63, 3.8) is 0 Å². The van der Waals surface area contributed by atoms with E-state index in [1.807, 2.05) is 29.2 Å². The SMILES string of the molecule is O=C(/C=C/c1ccc(F)cc1)N1CCN(c2ccccc2Cl)CC1. The molecule has 0 unspecified atom stereocenters. The third kappa shape index (κ3) is 3.95. The lowest BCUT2D eigenvalue weighted by atomic mass is 10.2. The van der Waals surface area contributed by atoms with E-state index in [9.17, 15) is 9.18 Å². The molecule has 124 valence electrons. The Kier molecular flexibility index (Phi) is 5.16. The lowest BCUT2D eigenvalue weighted by molar-refractivity contribution is -0.126. The lowest BCUT2D eigenvalue weighted by Crippen LogP contribution is -2.48. The van der Waals surface area contributed by atoms with Crippen molar-refractivity contribution < 1.29 is 9.18 Å². The summed E-state index contributed by atoms with van der Waals surface area (Å²) in [6, 6.07) is 13.8. The third-order valence-corrected chi connectivity index (χ3v) is 4.39. The first-order valence-corrected chi connectivity index (χ1v) is 8.23. The number of amides is 1. The first kappa shape index (κ1) is 16.5. The van der Waals surface area contributed by atoms with Gasteiger partial charge in [-0.2, -0.15) is 0 Å². The summed E-state index contributed by atoms with van der Waals surface area (Å²) in [4.78, 5) is 16.3. The predicted octanol–water partition coefficient (Wildman–Crippen LogP) is 3.84. The lowest BCUT2D eigenvalue weighted by Gasteiger charge is -2.36. The van der Waals surface area contributed by atoms with Gasteiger partial charge in [-0.25, -0.2) is 4.39 Å². The number of benzene rings is 2. The predicted molar refractivity (Wildman–Crippen MR) is 95.7 cm³/mol. The van der Waals surface area contributed by atoms with Gasteiger partial charge in [0.15, 0.2) is 0 Å². The molecule has 1 saturated heterocycles. The molecule has 24 heavy (non-hydrogen) atoms. The second kappa shape index (κ2) is 7.49. The van der Waals surface area contributed by atoms with Crippen LogP contribution in [-0.4, -0.2) is 37.0 Å². The van der Waals surface area contributed by atoms with Gasteiger partial charge in [0.25, 0.3) is 0 Å². The van der Waals surface area contributed by atoms with E-state index in [2.05, 4.69) is 4.90 Å². The van der Waals surface area contributed by atoms with Gasteiger partial charge in [-0.05, 0) is 35.9 Å². The van der Waals surface area contributed by atoms with Gasteiger partial charge < -0.3 is 9.80 Å². The van der Waals surface area contributed by atoms with Crippen molar-refractivity contribution in [1.82, 2.24) is 4.90 Å². The van der Waals surface area contributed by atoms with Crippen LogP contribution in [0.5, 0.6) is 0 Å². The highest BCUT2D eigenvalue weighted by molar-refractivity contribution is 6.33. The van der Waals surface area contributed by atoms with Gasteiger partial charge >= 0.3 is 0 Å².